The first-order valence-corrected chi connectivity index (χ1v) is 5.41. The van der Waals surface area contributed by atoms with Gasteiger partial charge in [0, 0.05) is 12.6 Å². The zero-order valence-electron chi connectivity index (χ0n) is 10.4. The summed E-state index contributed by atoms with van der Waals surface area (Å²) >= 11 is 0. The number of halogens is 1. The molecule has 0 fully saturated rings. The van der Waals surface area contributed by atoms with E-state index in [1.807, 2.05) is 0 Å². The van der Waals surface area contributed by atoms with Crippen molar-refractivity contribution < 1.29 is 13.9 Å². The number of hydrogen-bond acceptors (Lipinski definition) is 3. The number of aldehydes is 1. The molecular weight excluding hydrogens is 235 g/mol. The fourth-order valence-electron chi connectivity index (χ4n) is 1.90. The summed E-state index contributed by atoms with van der Waals surface area (Å²) < 4.78 is 20.3. The van der Waals surface area contributed by atoms with Crippen molar-refractivity contribution in [1.29, 1.82) is 0 Å². The number of carbonyl (C=O) groups is 1. The summed E-state index contributed by atoms with van der Waals surface area (Å²) in [5, 5.41) is 0. The summed E-state index contributed by atoms with van der Waals surface area (Å²) in [7, 11) is 3.27. The molecule has 0 unspecified atom stereocenters. The summed E-state index contributed by atoms with van der Waals surface area (Å²) in [5.41, 5.74) is 1.35. The molecule has 4 nitrogen and oxygen atoms in total. The maximum Gasteiger partial charge on any atom is 0.170 e. The Hall–Kier alpha value is -2.17. The minimum Gasteiger partial charge on any atom is -0.496 e. The average molecular weight is 248 g/mol. The van der Waals surface area contributed by atoms with Gasteiger partial charge < -0.3 is 9.30 Å². The summed E-state index contributed by atoms with van der Waals surface area (Å²) in [5.74, 6) is 0.794. The Morgan fingerprint density at radius 1 is 1.44 bits per heavy atom. The van der Waals surface area contributed by atoms with Crippen LogP contribution in [0.25, 0.3) is 11.3 Å². The second-order valence-corrected chi connectivity index (χ2v) is 3.91. The molecule has 1 aromatic carbocycles. The third-order valence-corrected chi connectivity index (χ3v) is 2.87. The number of rotatable bonds is 3. The largest absolute Gasteiger partial charge is 0.496 e. The van der Waals surface area contributed by atoms with Crippen LogP contribution in [-0.4, -0.2) is 22.9 Å². The number of ether oxygens (including phenoxy) is 1. The Labute approximate surface area is 104 Å². The summed E-state index contributed by atoms with van der Waals surface area (Å²) in [6, 6.07) is 4.18. The monoisotopic (exact) mass is 248 g/mol. The molecule has 0 bridgehead atoms. The van der Waals surface area contributed by atoms with Gasteiger partial charge in [0.2, 0.25) is 0 Å². The normalized spacial score (nSPS) is 10.4. The van der Waals surface area contributed by atoms with Crippen LogP contribution in [0.3, 0.4) is 0 Å². The Balaban J connectivity index is 2.75. The minimum atomic E-state index is -0.387. The lowest BCUT2D eigenvalue weighted by atomic mass is 10.1. The van der Waals surface area contributed by atoms with Gasteiger partial charge in [-0.2, -0.15) is 0 Å². The highest BCUT2D eigenvalue weighted by Gasteiger charge is 2.17. The van der Waals surface area contributed by atoms with E-state index in [0.717, 1.165) is 0 Å². The fourth-order valence-corrected chi connectivity index (χ4v) is 1.90. The Morgan fingerprint density at radius 2 is 2.17 bits per heavy atom. The lowest BCUT2D eigenvalue weighted by Gasteiger charge is -2.10. The zero-order chi connectivity index (χ0) is 13.3. The predicted octanol–water partition coefficient (Wildman–Crippen LogP) is 2.36. The van der Waals surface area contributed by atoms with Crippen molar-refractivity contribution >= 4 is 6.29 Å². The molecule has 0 amide bonds. The first-order chi connectivity index (χ1) is 8.58. The van der Waals surface area contributed by atoms with Gasteiger partial charge in [-0.25, -0.2) is 9.37 Å². The molecule has 0 atom stereocenters. The quantitative estimate of drug-likeness (QED) is 0.783. The Kier molecular flexibility index (Phi) is 3.14. The van der Waals surface area contributed by atoms with E-state index in [-0.39, 0.29) is 11.5 Å². The molecule has 94 valence electrons. The van der Waals surface area contributed by atoms with Crippen LogP contribution in [-0.2, 0) is 7.05 Å². The zero-order valence-corrected chi connectivity index (χ0v) is 10.4. The van der Waals surface area contributed by atoms with Crippen LogP contribution in [0.15, 0.2) is 18.2 Å². The van der Waals surface area contributed by atoms with Crippen LogP contribution < -0.4 is 4.74 Å². The number of nitrogens with zero attached hydrogens (tertiary/aromatic N) is 2. The number of aromatic nitrogens is 2. The van der Waals surface area contributed by atoms with Crippen molar-refractivity contribution in [1.82, 2.24) is 9.55 Å². The molecule has 1 aromatic heterocycles. The van der Waals surface area contributed by atoms with Gasteiger partial charge in [0.05, 0.1) is 12.8 Å². The molecule has 0 saturated carbocycles. The second-order valence-electron chi connectivity index (χ2n) is 3.91. The molecule has 0 aliphatic carbocycles. The van der Waals surface area contributed by atoms with Crippen molar-refractivity contribution in [2.24, 2.45) is 7.05 Å². The number of aryl methyl sites for hydroxylation is 1. The third kappa shape index (κ3) is 1.88. The molecule has 0 spiro atoms. The maximum atomic E-state index is 13.4. The second kappa shape index (κ2) is 4.60. The first kappa shape index (κ1) is 12.3. The average Bonchev–Trinajstić information content (AvgIpc) is 2.65. The standard InChI is InChI=1S/C13H13FN2O2/c1-8-15-11(7-17)13(16(8)2)10-6-9(14)4-5-12(10)18-3/h4-7H,1-3H3. The highest BCUT2D eigenvalue weighted by Crippen LogP contribution is 2.32. The molecule has 0 aliphatic heterocycles. The van der Waals surface area contributed by atoms with Crippen LogP contribution in [0.5, 0.6) is 5.75 Å². The van der Waals surface area contributed by atoms with Crippen molar-refractivity contribution in [3.8, 4) is 17.0 Å². The Bertz CT molecular complexity index is 605. The van der Waals surface area contributed by atoms with Crippen molar-refractivity contribution in [3.05, 3.63) is 35.5 Å². The fraction of sp³-hybridized carbons (Fsp3) is 0.231. The van der Waals surface area contributed by atoms with E-state index < -0.39 is 0 Å². The predicted molar refractivity (Wildman–Crippen MR) is 65.3 cm³/mol. The summed E-state index contributed by atoms with van der Waals surface area (Å²) in [4.78, 5) is 15.2. The highest BCUT2D eigenvalue weighted by molar-refractivity contribution is 5.86. The molecule has 18 heavy (non-hydrogen) atoms. The van der Waals surface area contributed by atoms with Gasteiger partial charge in [-0.3, -0.25) is 4.79 Å². The smallest absolute Gasteiger partial charge is 0.170 e. The number of hydrogen-bond donors (Lipinski definition) is 0. The SMILES string of the molecule is COc1ccc(F)cc1-c1c(C=O)nc(C)n1C. The van der Waals surface area contributed by atoms with E-state index in [1.165, 1.54) is 25.3 Å². The van der Waals surface area contributed by atoms with Gasteiger partial charge in [-0.15, -0.1) is 0 Å². The van der Waals surface area contributed by atoms with Gasteiger partial charge in [-0.05, 0) is 25.1 Å². The number of methoxy groups -OCH3 is 1. The molecule has 0 aliphatic rings. The molecule has 0 saturated heterocycles. The van der Waals surface area contributed by atoms with E-state index >= 15 is 0 Å². The molecule has 2 rings (SSSR count). The number of benzene rings is 1. The van der Waals surface area contributed by atoms with Crippen molar-refractivity contribution in [3.63, 3.8) is 0 Å². The number of carbonyl (C=O) groups excluding carboxylic acids is 1. The van der Waals surface area contributed by atoms with Crippen molar-refractivity contribution in [2.75, 3.05) is 7.11 Å². The molecule has 5 heteroatoms. The summed E-state index contributed by atoms with van der Waals surface area (Å²) in [6.45, 7) is 1.78. The van der Waals surface area contributed by atoms with Gasteiger partial charge in [0.1, 0.15) is 23.1 Å². The lowest BCUT2D eigenvalue weighted by molar-refractivity contribution is 0.112. The van der Waals surface area contributed by atoms with E-state index in [1.54, 1.807) is 18.5 Å². The molecular formula is C13H13FN2O2. The van der Waals surface area contributed by atoms with E-state index in [0.29, 0.717) is 29.1 Å². The van der Waals surface area contributed by atoms with Crippen molar-refractivity contribution in [2.45, 2.75) is 6.92 Å². The topological polar surface area (TPSA) is 44.1 Å². The lowest BCUT2D eigenvalue weighted by Crippen LogP contribution is -1.98. The third-order valence-electron chi connectivity index (χ3n) is 2.87. The van der Waals surface area contributed by atoms with Crippen LogP contribution in [0.4, 0.5) is 4.39 Å². The number of imidazole rings is 1. The molecule has 0 radical (unpaired) electrons. The van der Waals surface area contributed by atoms with Crippen LogP contribution >= 0.6 is 0 Å². The van der Waals surface area contributed by atoms with Crippen LogP contribution in [0.2, 0.25) is 0 Å². The van der Waals surface area contributed by atoms with Gasteiger partial charge in [0.25, 0.3) is 0 Å². The van der Waals surface area contributed by atoms with Crippen LogP contribution in [0.1, 0.15) is 16.3 Å². The van der Waals surface area contributed by atoms with E-state index in [2.05, 4.69) is 4.98 Å². The van der Waals surface area contributed by atoms with E-state index in [9.17, 15) is 9.18 Å². The summed E-state index contributed by atoms with van der Waals surface area (Å²) in [6.07, 6.45) is 0.659. The van der Waals surface area contributed by atoms with Gasteiger partial charge >= 0.3 is 0 Å². The highest BCUT2D eigenvalue weighted by atomic mass is 19.1. The van der Waals surface area contributed by atoms with Gasteiger partial charge in [-0.1, -0.05) is 0 Å². The van der Waals surface area contributed by atoms with Gasteiger partial charge in [0.15, 0.2) is 6.29 Å². The molecule has 2 aromatic rings. The van der Waals surface area contributed by atoms with E-state index in [4.69, 9.17) is 4.74 Å². The molecule has 1 heterocycles. The minimum absolute atomic E-state index is 0.277. The maximum absolute atomic E-state index is 13.4. The first-order valence-electron chi connectivity index (χ1n) is 5.41. The van der Waals surface area contributed by atoms with Crippen LogP contribution in [0, 0.1) is 12.7 Å². The Morgan fingerprint density at radius 3 is 2.78 bits per heavy atom. The molecule has 0 N–H and O–H groups in total.